The van der Waals surface area contributed by atoms with Crippen LogP contribution in [0.25, 0.3) is 0 Å². The molecule has 1 aliphatic heterocycles. The molecule has 1 amide bonds. The number of likely N-dealkylation sites (tertiary alicyclic amines) is 1. The molecule has 1 N–H and O–H groups in total. The summed E-state index contributed by atoms with van der Waals surface area (Å²) in [6.45, 7) is 9.16. The lowest BCUT2D eigenvalue weighted by Gasteiger charge is -2.44. The average Bonchev–Trinajstić information content (AvgIpc) is 2.73. The summed E-state index contributed by atoms with van der Waals surface area (Å²) in [6.07, 6.45) is 0.499. The van der Waals surface area contributed by atoms with Crippen LogP contribution in [0.5, 0.6) is 5.75 Å². The average molecular weight is 461 g/mol. The number of hydrogen-bond donors (Lipinski definition) is 1. The molecule has 0 aromatic heterocycles. The van der Waals surface area contributed by atoms with Gasteiger partial charge in [0.05, 0.1) is 12.2 Å². The van der Waals surface area contributed by atoms with Crippen LogP contribution in [0.2, 0.25) is 5.02 Å². The van der Waals surface area contributed by atoms with Crippen molar-refractivity contribution in [1.29, 1.82) is 0 Å². The summed E-state index contributed by atoms with van der Waals surface area (Å²) < 4.78 is 17.3. The van der Waals surface area contributed by atoms with Gasteiger partial charge in [-0.15, -0.1) is 0 Å². The molecule has 6 nitrogen and oxygen atoms in total. The molecule has 7 heteroatoms. The van der Waals surface area contributed by atoms with Gasteiger partial charge < -0.3 is 19.5 Å². The highest BCUT2D eigenvalue weighted by molar-refractivity contribution is 6.30. The number of benzene rings is 2. The van der Waals surface area contributed by atoms with Crippen molar-refractivity contribution in [2.24, 2.45) is 0 Å². The third kappa shape index (κ3) is 8.34. The Bertz CT molecular complexity index is 833. The van der Waals surface area contributed by atoms with Crippen molar-refractivity contribution in [3.63, 3.8) is 0 Å². The van der Waals surface area contributed by atoms with E-state index in [2.05, 4.69) is 10.2 Å². The van der Waals surface area contributed by atoms with Crippen molar-refractivity contribution in [2.45, 2.75) is 51.5 Å². The van der Waals surface area contributed by atoms with E-state index in [0.29, 0.717) is 18.2 Å². The standard InChI is InChI=1S/C25H33ClN2O4/c1-25(2,3)31-18-21(13-14-27-24(29)30-17-19-7-5-4-6-8-19)28-15-23(16-28)32-22-11-9-20(26)10-12-22/h4-12,21,23H,13-18H2,1-3H3,(H,27,29)/t21-/m0/s1. The Labute approximate surface area is 195 Å². The van der Waals surface area contributed by atoms with Crippen LogP contribution in [0.3, 0.4) is 0 Å². The number of carbonyl (C=O) groups is 1. The predicted molar refractivity (Wildman–Crippen MR) is 126 cm³/mol. The summed E-state index contributed by atoms with van der Waals surface area (Å²) in [7, 11) is 0. The molecule has 0 radical (unpaired) electrons. The Morgan fingerprint density at radius 2 is 1.81 bits per heavy atom. The fourth-order valence-electron chi connectivity index (χ4n) is 3.38. The molecule has 1 heterocycles. The second-order valence-electron chi connectivity index (χ2n) is 9.00. The summed E-state index contributed by atoms with van der Waals surface area (Å²) in [5.41, 5.74) is 0.746. The highest BCUT2D eigenvalue weighted by Gasteiger charge is 2.34. The number of nitrogens with zero attached hydrogens (tertiary/aromatic N) is 1. The molecule has 0 aliphatic carbocycles. The molecule has 32 heavy (non-hydrogen) atoms. The molecule has 2 aromatic rings. The lowest BCUT2D eigenvalue weighted by Crippen LogP contribution is -2.59. The van der Waals surface area contributed by atoms with Crippen molar-refractivity contribution in [2.75, 3.05) is 26.2 Å². The Kier molecular flexibility index (Phi) is 8.79. The minimum atomic E-state index is -0.406. The molecule has 0 unspecified atom stereocenters. The zero-order chi connectivity index (χ0) is 23.0. The van der Waals surface area contributed by atoms with Gasteiger partial charge in [-0.05, 0) is 57.0 Å². The van der Waals surface area contributed by atoms with Gasteiger partial charge in [-0.1, -0.05) is 41.9 Å². The molecule has 174 valence electrons. The van der Waals surface area contributed by atoms with E-state index in [1.165, 1.54) is 0 Å². The first kappa shape index (κ1) is 24.4. The van der Waals surface area contributed by atoms with Crippen LogP contribution in [0.4, 0.5) is 4.79 Å². The summed E-state index contributed by atoms with van der Waals surface area (Å²) in [4.78, 5) is 14.4. The predicted octanol–water partition coefficient (Wildman–Crippen LogP) is 4.90. The van der Waals surface area contributed by atoms with Gasteiger partial charge in [0.2, 0.25) is 0 Å². The molecular formula is C25H33ClN2O4. The molecule has 0 bridgehead atoms. The topological polar surface area (TPSA) is 60.0 Å². The lowest BCUT2D eigenvalue weighted by atomic mass is 10.0. The SMILES string of the molecule is CC(C)(C)OC[C@H](CCNC(=O)OCc1ccccc1)N1CC(Oc2ccc(Cl)cc2)C1. The number of nitrogens with one attached hydrogen (secondary N) is 1. The van der Waals surface area contributed by atoms with Gasteiger partial charge in [-0.3, -0.25) is 4.90 Å². The maximum Gasteiger partial charge on any atom is 0.407 e. The monoisotopic (exact) mass is 460 g/mol. The van der Waals surface area contributed by atoms with Crippen molar-refractivity contribution in [3.8, 4) is 5.75 Å². The van der Waals surface area contributed by atoms with Crippen LogP contribution < -0.4 is 10.1 Å². The highest BCUT2D eigenvalue weighted by Crippen LogP contribution is 2.23. The van der Waals surface area contributed by atoms with E-state index >= 15 is 0 Å². The zero-order valence-corrected chi connectivity index (χ0v) is 19.8. The molecule has 1 atom stereocenters. The normalized spacial score (nSPS) is 15.6. The smallest absolute Gasteiger partial charge is 0.407 e. The van der Waals surface area contributed by atoms with Crippen molar-refractivity contribution < 1.29 is 19.0 Å². The molecule has 1 aliphatic rings. The van der Waals surface area contributed by atoms with Gasteiger partial charge in [-0.2, -0.15) is 0 Å². The van der Waals surface area contributed by atoms with Crippen molar-refractivity contribution in [1.82, 2.24) is 10.2 Å². The Balaban J connectivity index is 1.42. The lowest BCUT2D eigenvalue weighted by molar-refractivity contribution is -0.0737. The van der Waals surface area contributed by atoms with Gasteiger partial charge in [0, 0.05) is 30.7 Å². The van der Waals surface area contributed by atoms with E-state index < -0.39 is 6.09 Å². The van der Waals surface area contributed by atoms with E-state index in [1.54, 1.807) is 0 Å². The number of ether oxygens (including phenoxy) is 3. The van der Waals surface area contributed by atoms with Crippen LogP contribution in [-0.2, 0) is 16.1 Å². The second kappa shape index (κ2) is 11.5. The minimum Gasteiger partial charge on any atom is -0.488 e. The van der Waals surface area contributed by atoms with Gasteiger partial charge in [-0.25, -0.2) is 4.79 Å². The maximum atomic E-state index is 12.0. The van der Waals surface area contributed by atoms with E-state index in [9.17, 15) is 4.79 Å². The second-order valence-corrected chi connectivity index (χ2v) is 9.44. The Morgan fingerprint density at radius 1 is 1.12 bits per heavy atom. The third-order valence-electron chi connectivity index (χ3n) is 5.18. The van der Waals surface area contributed by atoms with Crippen LogP contribution in [0.15, 0.2) is 54.6 Å². The number of amides is 1. The largest absolute Gasteiger partial charge is 0.488 e. The van der Waals surface area contributed by atoms with Gasteiger partial charge >= 0.3 is 6.09 Å². The first-order chi connectivity index (χ1) is 15.3. The van der Waals surface area contributed by atoms with Crippen LogP contribution in [-0.4, -0.2) is 55.0 Å². The summed E-state index contributed by atoms with van der Waals surface area (Å²) in [5.74, 6) is 0.823. The van der Waals surface area contributed by atoms with E-state index in [4.69, 9.17) is 25.8 Å². The first-order valence-electron chi connectivity index (χ1n) is 11.0. The number of alkyl carbamates (subject to hydrolysis) is 1. The number of halogens is 1. The Morgan fingerprint density at radius 3 is 2.47 bits per heavy atom. The summed E-state index contributed by atoms with van der Waals surface area (Å²) >= 11 is 5.94. The fraction of sp³-hybridized carbons (Fsp3) is 0.480. The number of carbonyl (C=O) groups excluding carboxylic acids is 1. The molecule has 1 fully saturated rings. The quantitative estimate of drug-likeness (QED) is 0.546. The van der Waals surface area contributed by atoms with Gasteiger partial charge in [0.25, 0.3) is 0 Å². The molecule has 0 spiro atoms. The molecule has 1 saturated heterocycles. The van der Waals surface area contributed by atoms with Crippen molar-refractivity contribution in [3.05, 3.63) is 65.2 Å². The van der Waals surface area contributed by atoms with Gasteiger partial charge in [0.1, 0.15) is 18.5 Å². The van der Waals surface area contributed by atoms with Crippen LogP contribution in [0.1, 0.15) is 32.8 Å². The number of hydrogen-bond acceptors (Lipinski definition) is 5. The molecular weight excluding hydrogens is 428 g/mol. The molecule has 0 saturated carbocycles. The summed E-state index contributed by atoms with van der Waals surface area (Å²) in [5, 5.41) is 3.55. The maximum absolute atomic E-state index is 12.0. The van der Waals surface area contributed by atoms with Gasteiger partial charge in [0.15, 0.2) is 0 Å². The first-order valence-corrected chi connectivity index (χ1v) is 11.4. The van der Waals surface area contributed by atoms with Crippen LogP contribution >= 0.6 is 11.6 Å². The van der Waals surface area contributed by atoms with E-state index in [-0.39, 0.29) is 24.4 Å². The van der Waals surface area contributed by atoms with E-state index in [0.717, 1.165) is 30.8 Å². The minimum absolute atomic E-state index is 0.136. The number of rotatable bonds is 10. The fourth-order valence-corrected chi connectivity index (χ4v) is 3.51. The zero-order valence-electron chi connectivity index (χ0n) is 19.1. The highest BCUT2D eigenvalue weighted by atomic mass is 35.5. The molecule has 2 aromatic carbocycles. The van der Waals surface area contributed by atoms with Crippen molar-refractivity contribution >= 4 is 17.7 Å². The summed E-state index contributed by atoms with van der Waals surface area (Å²) in [6, 6.07) is 17.3. The Hall–Kier alpha value is -2.28. The van der Waals surface area contributed by atoms with E-state index in [1.807, 2.05) is 75.4 Å². The van der Waals surface area contributed by atoms with Crippen LogP contribution in [0, 0.1) is 0 Å². The molecule has 3 rings (SSSR count). The third-order valence-corrected chi connectivity index (χ3v) is 5.43.